The Bertz CT molecular complexity index is 850. The van der Waals surface area contributed by atoms with Gasteiger partial charge in [0.05, 0.1) is 18.4 Å². The van der Waals surface area contributed by atoms with Crippen molar-refractivity contribution in [2.45, 2.75) is 50.5 Å². The van der Waals surface area contributed by atoms with E-state index in [2.05, 4.69) is 20.8 Å². The molecule has 29 heavy (non-hydrogen) atoms. The van der Waals surface area contributed by atoms with Gasteiger partial charge < -0.3 is 10.1 Å². The molecular formula is C19H24FN5O3S. The van der Waals surface area contributed by atoms with E-state index in [1.54, 1.807) is 12.1 Å². The summed E-state index contributed by atoms with van der Waals surface area (Å²) in [7, 11) is 0. The van der Waals surface area contributed by atoms with Crippen LogP contribution < -0.4 is 10.6 Å². The number of imide groups is 1. The van der Waals surface area contributed by atoms with Gasteiger partial charge in [0.2, 0.25) is 5.91 Å². The molecule has 156 valence electrons. The Kier molecular flexibility index (Phi) is 7.21. The molecule has 1 fully saturated rings. The summed E-state index contributed by atoms with van der Waals surface area (Å²) in [5.74, 6) is -0.160. The Morgan fingerprint density at radius 1 is 1.31 bits per heavy atom. The second-order valence-corrected chi connectivity index (χ2v) is 7.97. The first-order valence-corrected chi connectivity index (χ1v) is 10.4. The number of nitrogens with one attached hydrogen (secondary N) is 2. The van der Waals surface area contributed by atoms with Crippen molar-refractivity contribution in [2.75, 3.05) is 12.4 Å². The van der Waals surface area contributed by atoms with Gasteiger partial charge >= 0.3 is 6.03 Å². The molecule has 3 rings (SSSR count). The molecule has 2 aromatic rings. The van der Waals surface area contributed by atoms with Crippen LogP contribution >= 0.6 is 11.8 Å². The third-order valence-electron chi connectivity index (χ3n) is 4.23. The lowest BCUT2D eigenvalue weighted by Gasteiger charge is -2.15. The Morgan fingerprint density at radius 2 is 2.07 bits per heavy atom. The van der Waals surface area contributed by atoms with Gasteiger partial charge in [0, 0.05) is 18.2 Å². The quantitative estimate of drug-likeness (QED) is 0.667. The summed E-state index contributed by atoms with van der Waals surface area (Å²) in [4.78, 5) is 23.7. The lowest BCUT2D eigenvalue weighted by molar-refractivity contribution is -0.117. The fraction of sp³-hybridized carbons (Fsp3) is 0.474. The molecule has 1 aromatic heterocycles. The Balaban J connectivity index is 1.72. The minimum Gasteiger partial charge on any atom is -0.376 e. The van der Waals surface area contributed by atoms with E-state index in [9.17, 15) is 14.0 Å². The molecule has 1 aliphatic heterocycles. The predicted molar refractivity (Wildman–Crippen MR) is 107 cm³/mol. The van der Waals surface area contributed by atoms with E-state index in [0.717, 1.165) is 18.4 Å². The van der Waals surface area contributed by atoms with Crippen LogP contribution in [-0.2, 0) is 16.1 Å². The summed E-state index contributed by atoms with van der Waals surface area (Å²) in [6, 6.07) is 5.43. The summed E-state index contributed by atoms with van der Waals surface area (Å²) < 4.78 is 20.9. The first kappa shape index (κ1) is 21.3. The highest BCUT2D eigenvalue weighted by atomic mass is 32.2. The number of hydrogen-bond donors (Lipinski definition) is 2. The van der Waals surface area contributed by atoms with Gasteiger partial charge in [-0.2, -0.15) is 0 Å². The van der Waals surface area contributed by atoms with E-state index in [4.69, 9.17) is 4.74 Å². The largest absolute Gasteiger partial charge is 0.376 e. The van der Waals surface area contributed by atoms with Crippen LogP contribution in [0.5, 0.6) is 0 Å². The van der Waals surface area contributed by atoms with Crippen molar-refractivity contribution >= 4 is 23.7 Å². The van der Waals surface area contributed by atoms with Gasteiger partial charge in [-0.05, 0) is 51.0 Å². The van der Waals surface area contributed by atoms with E-state index in [1.807, 2.05) is 18.4 Å². The number of thioether (sulfide) groups is 1. The number of urea groups is 1. The van der Waals surface area contributed by atoms with Gasteiger partial charge in [-0.15, -0.1) is 10.2 Å². The maximum Gasteiger partial charge on any atom is 0.321 e. The van der Waals surface area contributed by atoms with E-state index >= 15 is 0 Å². The molecule has 2 heterocycles. The lowest BCUT2D eigenvalue weighted by Crippen LogP contribution is -2.43. The number of benzene rings is 1. The average molecular weight is 421 g/mol. The van der Waals surface area contributed by atoms with E-state index in [-0.39, 0.29) is 23.7 Å². The zero-order chi connectivity index (χ0) is 20.8. The van der Waals surface area contributed by atoms with Crippen molar-refractivity contribution in [3.63, 3.8) is 0 Å². The Labute approximate surface area is 172 Å². The van der Waals surface area contributed by atoms with Crippen LogP contribution in [0.3, 0.4) is 0 Å². The van der Waals surface area contributed by atoms with Crippen LogP contribution in [0.2, 0.25) is 0 Å². The van der Waals surface area contributed by atoms with Crippen molar-refractivity contribution in [3.8, 4) is 11.4 Å². The van der Waals surface area contributed by atoms with Crippen LogP contribution in [-0.4, -0.2) is 51.2 Å². The minimum absolute atomic E-state index is 0.0125. The van der Waals surface area contributed by atoms with Crippen LogP contribution in [0.25, 0.3) is 11.4 Å². The summed E-state index contributed by atoms with van der Waals surface area (Å²) in [6.07, 6.45) is 1.96. The summed E-state index contributed by atoms with van der Waals surface area (Å²) in [5, 5.41) is 13.9. The van der Waals surface area contributed by atoms with Crippen LogP contribution in [0, 0.1) is 5.82 Å². The molecule has 1 aromatic carbocycles. The van der Waals surface area contributed by atoms with Crippen molar-refractivity contribution in [3.05, 3.63) is 30.1 Å². The standard InChI is InChI=1S/C19H24FN5O3S/c1-12(2)21-18(27)22-16(26)11-29-19-24-23-17(13-5-7-14(20)8-6-13)25(19)10-15-4-3-9-28-15/h5-8,12,15H,3-4,9-11H2,1-2H3,(H2,21,22,26,27)/t15-/m0/s1. The van der Waals surface area contributed by atoms with Gasteiger partial charge in [0.25, 0.3) is 0 Å². The first-order chi connectivity index (χ1) is 13.9. The van der Waals surface area contributed by atoms with Crippen LogP contribution in [0.4, 0.5) is 9.18 Å². The number of rotatable bonds is 7. The SMILES string of the molecule is CC(C)NC(=O)NC(=O)CSc1nnc(-c2ccc(F)cc2)n1C[C@@H]1CCCO1. The molecule has 0 bridgehead atoms. The highest BCUT2D eigenvalue weighted by Gasteiger charge is 2.22. The van der Waals surface area contributed by atoms with Gasteiger partial charge in [-0.3, -0.25) is 14.7 Å². The fourth-order valence-corrected chi connectivity index (χ4v) is 3.70. The molecule has 3 amide bonds. The van der Waals surface area contributed by atoms with Gasteiger partial charge in [-0.1, -0.05) is 11.8 Å². The van der Waals surface area contributed by atoms with Crippen LogP contribution in [0.15, 0.2) is 29.4 Å². The molecule has 1 aliphatic rings. The number of carbonyl (C=O) groups excluding carboxylic acids is 2. The maximum absolute atomic E-state index is 13.3. The molecule has 0 spiro atoms. The predicted octanol–water partition coefficient (Wildman–Crippen LogP) is 2.59. The number of amides is 3. The normalized spacial score (nSPS) is 16.2. The van der Waals surface area contributed by atoms with Crippen LogP contribution in [0.1, 0.15) is 26.7 Å². The average Bonchev–Trinajstić information content (AvgIpc) is 3.30. The lowest BCUT2D eigenvalue weighted by atomic mass is 10.2. The monoisotopic (exact) mass is 421 g/mol. The molecule has 0 unspecified atom stereocenters. The van der Waals surface area contributed by atoms with Crippen molar-refractivity contribution in [2.24, 2.45) is 0 Å². The van der Waals surface area contributed by atoms with E-state index in [1.165, 1.54) is 23.9 Å². The number of aromatic nitrogens is 3. The van der Waals surface area contributed by atoms with E-state index < -0.39 is 11.9 Å². The Hall–Kier alpha value is -2.46. The summed E-state index contributed by atoms with van der Waals surface area (Å²) >= 11 is 1.19. The number of halogens is 1. The van der Waals surface area contributed by atoms with Gasteiger partial charge in [0.15, 0.2) is 11.0 Å². The molecule has 0 radical (unpaired) electrons. The maximum atomic E-state index is 13.3. The first-order valence-electron chi connectivity index (χ1n) is 9.46. The van der Waals surface area contributed by atoms with Crippen molar-refractivity contribution < 1.29 is 18.7 Å². The topological polar surface area (TPSA) is 98.1 Å². The smallest absolute Gasteiger partial charge is 0.321 e. The molecule has 8 nitrogen and oxygen atoms in total. The van der Waals surface area contributed by atoms with Crippen molar-refractivity contribution in [1.82, 2.24) is 25.4 Å². The van der Waals surface area contributed by atoms with Crippen molar-refractivity contribution in [1.29, 1.82) is 0 Å². The zero-order valence-corrected chi connectivity index (χ0v) is 17.2. The zero-order valence-electron chi connectivity index (χ0n) is 16.4. The molecule has 1 saturated heterocycles. The molecule has 10 heteroatoms. The summed E-state index contributed by atoms with van der Waals surface area (Å²) in [6.45, 7) is 4.87. The Morgan fingerprint density at radius 3 is 2.72 bits per heavy atom. The number of ether oxygens (including phenoxy) is 1. The molecule has 2 N–H and O–H groups in total. The van der Waals surface area contributed by atoms with Gasteiger partial charge in [-0.25, -0.2) is 9.18 Å². The number of hydrogen-bond acceptors (Lipinski definition) is 6. The number of nitrogens with zero attached hydrogens (tertiary/aromatic N) is 3. The molecule has 1 atom stereocenters. The molecular weight excluding hydrogens is 397 g/mol. The molecule has 0 saturated carbocycles. The molecule has 0 aliphatic carbocycles. The minimum atomic E-state index is -0.529. The fourth-order valence-electron chi connectivity index (χ4n) is 2.96. The summed E-state index contributed by atoms with van der Waals surface area (Å²) in [5.41, 5.74) is 0.726. The third kappa shape index (κ3) is 6.01. The highest BCUT2D eigenvalue weighted by Crippen LogP contribution is 2.26. The van der Waals surface area contributed by atoms with Gasteiger partial charge in [0.1, 0.15) is 5.82 Å². The number of carbonyl (C=O) groups is 2. The highest BCUT2D eigenvalue weighted by molar-refractivity contribution is 7.99. The third-order valence-corrected chi connectivity index (χ3v) is 5.20. The second kappa shape index (κ2) is 9.84. The van der Waals surface area contributed by atoms with E-state index in [0.29, 0.717) is 24.1 Å². The second-order valence-electron chi connectivity index (χ2n) is 7.02.